The Morgan fingerprint density at radius 2 is 2.29 bits per heavy atom. The average Bonchev–Trinajstić information content (AvgIpc) is 2.89. The van der Waals surface area contributed by atoms with E-state index in [1.54, 1.807) is 37.0 Å². The van der Waals surface area contributed by atoms with Gasteiger partial charge in [-0.05, 0) is 18.2 Å². The van der Waals surface area contributed by atoms with E-state index < -0.39 is 0 Å². The molecule has 0 aliphatic rings. The van der Waals surface area contributed by atoms with Gasteiger partial charge in [-0.15, -0.1) is 0 Å². The first-order valence-electron chi connectivity index (χ1n) is 6.26. The summed E-state index contributed by atoms with van der Waals surface area (Å²) in [5.41, 5.74) is 1.38. The van der Waals surface area contributed by atoms with E-state index in [-0.39, 0.29) is 0 Å². The second kappa shape index (κ2) is 5.49. The molecule has 3 aromatic rings. The number of anilines is 3. The molecule has 1 aromatic carbocycles. The average molecular weight is 303 g/mol. The van der Waals surface area contributed by atoms with Crippen LogP contribution in [0.5, 0.6) is 5.75 Å². The molecular weight excluding hydrogens is 290 g/mol. The minimum Gasteiger partial charge on any atom is -0.495 e. The number of hydrogen-bond acceptors (Lipinski definition) is 5. The first kappa shape index (κ1) is 13.5. The Balaban J connectivity index is 2.11. The first-order chi connectivity index (χ1) is 10.2. The number of rotatable bonds is 4. The van der Waals surface area contributed by atoms with Crippen molar-refractivity contribution in [3.05, 3.63) is 41.6 Å². The molecule has 0 saturated heterocycles. The second-order valence-corrected chi connectivity index (χ2v) is 4.66. The lowest BCUT2D eigenvalue weighted by Gasteiger charge is -2.13. The lowest BCUT2D eigenvalue weighted by atomic mass is 10.3. The molecule has 0 unspecified atom stereocenters. The number of methoxy groups -OCH3 is 1. The molecule has 0 spiro atoms. The van der Waals surface area contributed by atoms with E-state index in [4.69, 9.17) is 16.3 Å². The maximum absolute atomic E-state index is 6.10. The highest BCUT2D eigenvalue weighted by molar-refractivity contribution is 6.33. The van der Waals surface area contributed by atoms with Crippen LogP contribution in [0.3, 0.4) is 0 Å². The molecule has 0 aliphatic heterocycles. The molecule has 7 heteroatoms. The van der Waals surface area contributed by atoms with Crippen LogP contribution in [0.25, 0.3) is 5.65 Å². The fraction of sp³-hybridized carbons (Fsp3) is 0.143. The Morgan fingerprint density at radius 1 is 1.43 bits per heavy atom. The fourth-order valence-electron chi connectivity index (χ4n) is 1.98. The summed E-state index contributed by atoms with van der Waals surface area (Å²) >= 11 is 6.10. The van der Waals surface area contributed by atoms with Crippen LogP contribution in [0.2, 0.25) is 5.02 Å². The number of hydrogen-bond donors (Lipinski definition) is 2. The van der Waals surface area contributed by atoms with Gasteiger partial charge in [0.2, 0.25) is 0 Å². The molecule has 0 bridgehead atoms. The number of ether oxygens (including phenoxy) is 1. The minimum absolute atomic E-state index is 0.489. The van der Waals surface area contributed by atoms with E-state index in [1.165, 1.54) is 0 Å². The molecule has 1 radical (unpaired) electrons. The van der Waals surface area contributed by atoms with Crippen LogP contribution in [-0.4, -0.2) is 28.8 Å². The maximum Gasteiger partial charge on any atom is 0.178 e. The molecule has 3 rings (SSSR count). The number of halogens is 1. The molecule has 0 atom stereocenters. The zero-order valence-electron chi connectivity index (χ0n) is 11.5. The largest absolute Gasteiger partial charge is 0.495 e. The van der Waals surface area contributed by atoms with Crippen LogP contribution in [0.1, 0.15) is 0 Å². The zero-order valence-corrected chi connectivity index (χ0v) is 12.3. The Bertz CT molecular complexity index is 786. The van der Waals surface area contributed by atoms with E-state index in [1.807, 2.05) is 12.1 Å². The van der Waals surface area contributed by atoms with E-state index in [9.17, 15) is 0 Å². The van der Waals surface area contributed by atoms with Gasteiger partial charge in [0.15, 0.2) is 5.65 Å². The predicted molar refractivity (Wildman–Crippen MR) is 82.7 cm³/mol. The third kappa shape index (κ3) is 2.45. The Labute approximate surface area is 126 Å². The molecule has 21 heavy (non-hydrogen) atoms. The van der Waals surface area contributed by atoms with Crippen LogP contribution in [0, 0.1) is 6.07 Å². The van der Waals surface area contributed by atoms with Crippen molar-refractivity contribution in [3.63, 3.8) is 0 Å². The third-order valence-electron chi connectivity index (χ3n) is 2.99. The lowest BCUT2D eigenvalue weighted by Crippen LogP contribution is -2.04. The molecule has 2 heterocycles. The monoisotopic (exact) mass is 302 g/mol. The Kier molecular flexibility index (Phi) is 3.53. The molecule has 0 amide bonds. The Hall–Kier alpha value is -2.47. The summed E-state index contributed by atoms with van der Waals surface area (Å²) in [5.74, 6) is 2.10. The van der Waals surface area contributed by atoms with Crippen molar-refractivity contribution in [2.75, 3.05) is 24.8 Å². The molecule has 2 aromatic heterocycles. The van der Waals surface area contributed by atoms with Crippen LogP contribution in [0.15, 0.2) is 30.5 Å². The van der Waals surface area contributed by atoms with Gasteiger partial charge in [-0.1, -0.05) is 17.7 Å². The normalized spacial score (nSPS) is 10.6. The quantitative estimate of drug-likeness (QED) is 0.776. The minimum atomic E-state index is 0.489. The van der Waals surface area contributed by atoms with Gasteiger partial charge in [0.25, 0.3) is 0 Å². The topological polar surface area (TPSA) is 63.5 Å². The maximum atomic E-state index is 6.10. The molecule has 2 N–H and O–H groups in total. The number of nitrogens with zero attached hydrogens (tertiary/aromatic N) is 3. The summed E-state index contributed by atoms with van der Waals surface area (Å²) in [6, 6.07) is 10.2. The standard InChI is InChI=1S/C14H13ClN5O/c1-16-12-7-13(20-14(19-12)9(15)8-17-20)18-10-5-3-4-6-11(10)21-2/h3,5-8,18H,1-2H3,(H,16,19). The number of fused-ring (bicyclic) bond motifs is 1. The molecule has 0 aliphatic carbocycles. The summed E-state index contributed by atoms with van der Waals surface area (Å²) in [7, 11) is 3.41. The zero-order chi connectivity index (χ0) is 14.8. The molecular formula is C14H13ClN5O. The van der Waals surface area contributed by atoms with Crippen molar-refractivity contribution >= 4 is 34.6 Å². The summed E-state index contributed by atoms with van der Waals surface area (Å²) in [6.45, 7) is 0. The van der Waals surface area contributed by atoms with Gasteiger partial charge in [0.1, 0.15) is 22.4 Å². The van der Waals surface area contributed by atoms with Crippen molar-refractivity contribution in [3.8, 4) is 5.75 Å². The van der Waals surface area contributed by atoms with Gasteiger partial charge in [0, 0.05) is 13.1 Å². The summed E-state index contributed by atoms with van der Waals surface area (Å²) in [4.78, 5) is 4.38. The molecule has 0 fully saturated rings. The highest BCUT2D eigenvalue weighted by atomic mass is 35.5. The first-order valence-corrected chi connectivity index (χ1v) is 6.64. The number of benzene rings is 1. The van der Waals surface area contributed by atoms with Gasteiger partial charge in [-0.25, -0.2) is 4.98 Å². The molecule has 107 valence electrons. The van der Waals surface area contributed by atoms with Crippen molar-refractivity contribution in [2.24, 2.45) is 0 Å². The van der Waals surface area contributed by atoms with Gasteiger partial charge >= 0.3 is 0 Å². The number of nitrogens with one attached hydrogen (secondary N) is 2. The second-order valence-electron chi connectivity index (χ2n) is 4.26. The van der Waals surface area contributed by atoms with Crippen LogP contribution >= 0.6 is 11.6 Å². The van der Waals surface area contributed by atoms with Gasteiger partial charge in [-0.3, -0.25) is 0 Å². The van der Waals surface area contributed by atoms with Gasteiger partial charge in [0.05, 0.1) is 19.0 Å². The molecule has 6 nitrogen and oxygen atoms in total. The summed E-state index contributed by atoms with van der Waals surface area (Å²) < 4.78 is 6.95. The predicted octanol–water partition coefficient (Wildman–Crippen LogP) is 2.98. The highest BCUT2D eigenvalue weighted by Crippen LogP contribution is 2.29. The fourth-order valence-corrected chi connectivity index (χ4v) is 2.14. The van der Waals surface area contributed by atoms with Crippen molar-refractivity contribution in [1.29, 1.82) is 0 Å². The van der Waals surface area contributed by atoms with Crippen LogP contribution in [0.4, 0.5) is 17.3 Å². The van der Waals surface area contributed by atoms with Crippen molar-refractivity contribution in [2.45, 2.75) is 0 Å². The van der Waals surface area contributed by atoms with Crippen LogP contribution < -0.4 is 15.4 Å². The summed E-state index contributed by atoms with van der Waals surface area (Å²) in [5, 5.41) is 11.0. The van der Waals surface area contributed by atoms with Crippen LogP contribution in [-0.2, 0) is 0 Å². The van der Waals surface area contributed by atoms with Crippen molar-refractivity contribution in [1.82, 2.24) is 14.6 Å². The summed E-state index contributed by atoms with van der Waals surface area (Å²) in [6.07, 6.45) is 1.56. The Morgan fingerprint density at radius 3 is 3.05 bits per heavy atom. The smallest absolute Gasteiger partial charge is 0.178 e. The highest BCUT2D eigenvalue weighted by Gasteiger charge is 2.11. The van der Waals surface area contributed by atoms with E-state index >= 15 is 0 Å². The lowest BCUT2D eigenvalue weighted by molar-refractivity contribution is 0.416. The van der Waals surface area contributed by atoms with Gasteiger partial charge in [-0.2, -0.15) is 9.61 Å². The van der Waals surface area contributed by atoms with E-state index in [0.29, 0.717) is 22.2 Å². The van der Waals surface area contributed by atoms with E-state index in [2.05, 4.69) is 26.8 Å². The third-order valence-corrected chi connectivity index (χ3v) is 3.26. The van der Waals surface area contributed by atoms with Crippen molar-refractivity contribution < 1.29 is 4.74 Å². The van der Waals surface area contributed by atoms with Gasteiger partial charge < -0.3 is 15.4 Å². The number of aromatic nitrogens is 3. The van der Waals surface area contributed by atoms with E-state index in [0.717, 1.165) is 11.5 Å². The molecule has 0 saturated carbocycles. The SMILES string of the molecule is CNc1cc(Nc2cc[c]cc2OC)n2ncc(Cl)c2n1.